The van der Waals surface area contributed by atoms with Gasteiger partial charge in [0.1, 0.15) is 0 Å². The van der Waals surface area contributed by atoms with Crippen molar-refractivity contribution in [3.63, 3.8) is 0 Å². The van der Waals surface area contributed by atoms with Gasteiger partial charge in [0.25, 0.3) is 0 Å². The summed E-state index contributed by atoms with van der Waals surface area (Å²) >= 11 is 0. The molecule has 2 N–H and O–H groups in total. The molecule has 0 bridgehead atoms. The average Bonchev–Trinajstić information content (AvgIpc) is 2.62. The summed E-state index contributed by atoms with van der Waals surface area (Å²) < 4.78 is 0. The summed E-state index contributed by atoms with van der Waals surface area (Å²) in [4.78, 5) is 0. The fraction of sp³-hybridized carbons (Fsp3) is 0. The van der Waals surface area contributed by atoms with Gasteiger partial charge in [-0.15, -0.1) is 0 Å². The molecule has 1 aromatic rings. The van der Waals surface area contributed by atoms with Crippen molar-refractivity contribution in [1.82, 2.24) is 0 Å². The monoisotopic (exact) mass is 193 g/mol. The molecule has 0 saturated heterocycles. The highest BCUT2D eigenvalue weighted by atomic mass is 14.5. The van der Waals surface area contributed by atoms with Crippen LogP contribution in [0.15, 0.2) is 54.6 Å². The minimum Gasteiger partial charge on any atom is -0.399 e. The second-order valence-electron chi connectivity index (χ2n) is 3.77. The third kappa shape index (κ3) is 1.24. The molecule has 0 radical (unpaired) electrons. The van der Waals surface area contributed by atoms with E-state index in [0.29, 0.717) is 0 Å². The predicted molar refractivity (Wildman–Crippen MR) is 65.0 cm³/mol. The number of hydrogen-bond acceptors (Lipinski definition) is 1. The molecule has 1 aromatic carbocycles. The van der Waals surface area contributed by atoms with Crippen molar-refractivity contribution in [2.24, 2.45) is 0 Å². The third-order valence-corrected chi connectivity index (χ3v) is 2.77. The van der Waals surface area contributed by atoms with Crippen LogP contribution in [0.1, 0.15) is 0 Å². The Bertz CT molecular complexity index is 598. The first-order chi connectivity index (χ1) is 7.34. The highest BCUT2D eigenvalue weighted by molar-refractivity contribution is 5.98. The Labute approximate surface area is 88.5 Å². The average molecular weight is 193 g/mol. The number of benzene rings is 1. The van der Waals surface area contributed by atoms with Gasteiger partial charge < -0.3 is 5.73 Å². The van der Waals surface area contributed by atoms with Crippen molar-refractivity contribution < 1.29 is 0 Å². The Morgan fingerprint density at radius 2 is 1.60 bits per heavy atom. The first-order valence-electron chi connectivity index (χ1n) is 5.01. The molecule has 0 aromatic heterocycles. The normalized spacial score (nSPS) is 10.9. The summed E-state index contributed by atoms with van der Waals surface area (Å²) in [5.41, 5.74) is 9.17. The molecule has 15 heavy (non-hydrogen) atoms. The number of nitrogens with two attached hydrogens (primary N) is 1. The molecule has 0 unspecified atom stereocenters. The van der Waals surface area contributed by atoms with E-state index in [1.807, 2.05) is 12.1 Å². The number of rotatable bonds is 0. The van der Waals surface area contributed by atoms with Crippen LogP contribution in [0.3, 0.4) is 0 Å². The minimum absolute atomic E-state index is 0.816. The van der Waals surface area contributed by atoms with Crippen LogP contribution in [0, 0.1) is 0 Å². The molecule has 0 spiro atoms. The largest absolute Gasteiger partial charge is 0.399 e. The van der Waals surface area contributed by atoms with E-state index in [1.54, 1.807) is 0 Å². The van der Waals surface area contributed by atoms with Gasteiger partial charge in [0.15, 0.2) is 0 Å². The standard InChI is InChI=1S/C14H11N/c15-12-8-7-11-4-1-3-10-5-2-6-13(10)14(11)9-12/h1-9H,15H2. The number of anilines is 1. The molecular weight excluding hydrogens is 182 g/mol. The van der Waals surface area contributed by atoms with Gasteiger partial charge in [0, 0.05) is 5.69 Å². The van der Waals surface area contributed by atoms with Crippen LogP contribution >= 0.6 is 0 Å². The number of hydrogen-bond donors (Lipinski definition) is 1. The van der Waals surface area contributed by atoms with Crippen molar-refractivity contribution in [3.05, 3.63) is 54.6 Å². The zero-order valence-corrected chi connectivity index (χ0v) is 8.27. The fourth-order valence-corrected chi connectivity index (χ4v) is 2.03. The van der Waals surface area contributed by atoms with Gasteiger partial charge in [-0.1, -0.05) is 42.5 Å². The van der Waals surface area contributed by atoms with Gasteiger partial charge in [-0.3, -0.25) is 0 Å². The van der Waals surface area contributed by atoms with Crippen molar-refractivity contribution in [2.45, 2.75) is 0 Å². The maximum absolute atomic E-state index is 5.82. The second kappa shape index (κ2) is 2.99. The predicted octanol–water partition coefficient (Wildman–Crippen LogP) is 3.53. The van der Waals surface area contributed by atoms with Crippen LogP contribution in [0.2, 0.25) is 0 Å². The smallest absolute Gasteiger partial charge is 0.0320 e. The SMILES string of the molecule is Nc1ccc2cccc3cccc-3c2c1. The van der Waals surface area contributed by atoms with Crippen LogP contribution in [0.5, 0.6) is 0 Å². The quantitative estimate of drug-likeness (QED) is 0.543. The summed E-state index contributed by atoms with van der Waals surface area (Å²) in [6.07, 6.45) is 0. The lowest BCUT2D eigenvalue weighted by atomic mass is 10.1. The molecule has 0 heterocycles. The lowest BCUT2D eigenvalue weighted by Gasteiger charge is -2.00. The topological polar surface area (TPSA) is 26.0 Å². The zero-order chi connectivity index (χ0) is 10.3. The summed E-state index contributed by atoms with van der Waals surface area (Å²) in [7, 11) is 0. The van der Waals surface area contributed by atoms with E-state index < -0.39 is 0 Å². The molecule has 1 nitrogen and oxygen atoms in total. The molecule has 0 atom stereocenters. The highest BCUT2D eigenvalue weighted by Crippen LogP contribution is 2.30. The third-order valence-electron chi connectivity index (χ3n) is 2.77. The maximum atomic E-state index is 5.82. The van der Waals surface area contributed by atoms with Gasteiger partial charge in [-0.2, -0.15) is 0 Å². The van der Waals surface area contributed by atoms with Crippen molar-refractivity contribution >= 4 is 16.5 Å². The summed E-state index contributed by atoms with van der Waals surface area (Å²) in [5, 5.41) is 2.45. The summed E-state index contributed by atoms with van der Waals surface area (Å²) in [6, 6.07) is 18.7. The Kier molecular flexibility index (Phi) is 1.65. The van der Waals surface area contributed by atoms with Crippen LogP contribution in [0.4, 0.5) is 5.69 Å². The van der Waals surface area contributed by atoms with Gasteiger partial charge in [-0.25, -0.2) is 0 Å². The number of fused-ring (bicyclic) bond motifs is 3. The Balaban J connectivity index is 2.53. The molecule has 1 heteroatoms. The lowest BCUT2D eigenvalue weighted by molar-refractivity contribution is 1.76. The Morgan fingerprint density at radius 3 is 2.47 bits per heavy atom. The van der Waals surface area contributed by atoms with Gasteiger partial charge in [0.2, 0.25) is 0 Å². The molecule has 2 aliphatic rings. The molecule has 0 amide bonds. The van der Waals surface area contributed by atoms with E-state index in [4.69, 9.17) is 5.73 Å². The van der Waals surface area contributed by atoms with Crippen LogP contribution < -0.4 is 5.73 Å². The number of nitrogen functional groups attached to an aromatic ring is 1. The fourth-order valence-electron chi connectivity index (χ4n) is 2.03. The van der Waals surface area contributed by atoms with E-state index in [9.17, 15) is 0 Å². The molecule has 72 valence electrons. The van der Waals surface area contributed by atoms with Crippen LogP contribution in [-0.2, 0) is 0 Å². The second-order valence-corrected chi connectivity index (χ2v) is 3.77. The molecule has 2 aliphatic carbocycles. The van der Waals surface area contributed by atoms with Crippen molar-refractivity contribution in [1.29, 1.82) is 0 Å². The highest BCUT2D eigenvalue weighted by Gasteiger charge is 2.04. The molecule has 0 aliphatic heterocycles. The lowest BCUT2D eigenvalue weighted by Crippen LogP contribution is -1.83. The van der Waals surface area contributed by atoms with Crippen LogP contribution in [-0.4, -0.2) is 0 Å². The van der Waals surface area contributed by atoms with Gasteiger partial charge in [-0.05, 0) is 34.0 Å². The summed E-state index contributed by atoms with van der Waals surface area (Å²) in [6.45, 7) is 0. The van der Waals surface area contributed by atoms with Crippen molar-refractivity contribution in [2.75, 3.05) is 5.73 Å². The molecule has 0 saturated carbocycles. The summed E-state index contributed by atoms with van der Waals surface area (Å²) in [5.74, 6) is 0. The van der Waals surface area contributed by atoms with Gasteiger partial charge >= 0.3 is 0 Å². The van der Waals surface area contributed by atoms with E-state index in [2.05, 4.69) is 42.5 Å². The first-order valence-corrected chi connectivity index (χ1v) is 5.01. The van der Waals surface area contributed by atoms with Crippen molar-refractivity contribution in [3.8, 4) is 11.1 Å². The Hall–Kier alpha value is -2.02. The zero-order valence-electron chi connectivity index (χ0n) is 8.27. The molecule has 0 fully saturated rings. The van der Waals surface area contributed by atoms with E-state index in [0.717, 1.165) is 5.69 Å². The molecule has 3 rings (SSSR count). The van der Waals surface area contributed by atoms with Crippen LogP contribution in [0.25, 0.3) is 21.9 Å². The maximum Gasteiger partial charge on any atom is 0.0320 e. The van der Waals surface area contributed by atoms with E-state index in [1.165, 1.54) is 21.9 Å². The minimum atomic E-state index is 0.816. The van der Waals surface area contributed by atoms with E-state index in [-0.39, 0.29) is 0 Å². The first kappa shape index (κ1) is 8.30. The molecular formula is C14H11N. The Morgan fingerprint density at radius 1 is 0.800 bits per heavy atom. The van der Waals surface area contributed by atoms with E-state index >= 15 is 0 Å². The van der Waals surface area contributed by atoms with Gasteiger partial charge in [0.05, 0.1) is 0 Å².